The molecule has 24 rings (SSSR count). The van der Waals surface area contributed by atoms with Crippen LogP contribution in [0.5, 0.6) is 0 Å². The molecule has 0 unspecified atom stereocenters. The molecule has 618 valence electrons. The molecule has 132 heavy (non-hydrogen) atoms. The summed E-state index contributed by atoms with van der Waals surface area (Å²) in [6, 6.07) is 135. The lowest BCUT2D eigenvalue weighted by molar-refractivity contribution is 1.07. The van der Waals surface area contributed by atoms with Crippen molar-refractivity contribution < 1.29 is 0 Å². The quantitative estimate of drug-likeness (QED) is 0.0940. The minimum absolute atomic E-state index is 0.585. The zero-order valence-electron chi connectivity index (χ0n) is 71.0. The summed E-state index contributed by atoms with van der Waals surface area (Å²) in [4.78, 5) is 72.1. The number of benzene rings is 15. The first-order valence-electron chi connectivity index (χ1n) is 43.4. The molecule has 15 nitrogen and oxygen atoms in total. The fraction of sp³-hybridized carbons (Fsp3) is 0. The second-order valence-corrected chi connectivity index (χ2v) is 32.1. The molecule has 0 spiro atoms. The van der Waals surface area contributed by atoms with Crippen molar-refractivity contribution in [2.75, 3.05) is 0 Å². The van der Waals surface area contributed by atoms with Crippen LogP contribution in [0.2, 0.25) is 0 Å². The van der Waals surface area contributed by atoms with Gasteiger partial charge < -0.3 is 0 Å². The second kappa shape index (κ2) is 36.0. The molecule has 9 heterocycles. The number of fused-ring (bicyclic) bond motifs is 6. The Labute approximate surface area is 760 Å². The van der Waals surface area contributed by atoms with Crippen LogP contribution in [0.25, 0.3) is 234 Å². The number of hydrogen-bond acceptors (Lipinski definition) is 15. The van der Waals surface area contributed by atoms with Gasteiger partial charge in [0.15, 0.2) is 52.4 Å². The highest BCUT2D eigenvalue weighted by molar-refractivity contribution is 5.94. The summed E-state index contributed by atoms with van der Waals surface area (Å²) in [6.45, 7) is 0. The normalized spacial score (nSPS) is 11.2. The molecule has 0 bridgehead atoms. The Morgan fingerprint density at radius 1 is 0.114 bits per heavy atom. The van der Waals surface area contributed by atoms with Crippen LogP contribution in [0.15, 0.2) is 456 Å². The average Bonchev–Trinajstić information content (AvgIpc) is 0.780. The maximum Gasteiger partial charge on any atom is 0.164 e. The van der Waals surface area contributed by atoms with Crippen molar-refractivity contribution in [3.05, 3.63) is 456 Å². The van der Waals surface area contributed by atoms with Crippen LogP contribution in [0.1, 0.15) is 0 Å². The highest BCUT2D eigenvalue weighted by Gasteiger charge is 2.22. The van der Waals surface area contributed by atoms with Gasteiger partial charge in [-0.3, -0.25) is 29.9 Å². The summed E-state index contributed by atoms with van der Waals surface area (Å²) in [5.41, 5.74) is 20.2. The number of hydrogen-bond donors (Lipinski definition) is 0. The molecule has 0 saturated carbocycles. The number of aromatic nitrogens is 15. The van der Waals surface area contributed by atoms with Crippen molar-refractivity contribution in [3.63, 3.8) is 0 Å². The lowest BCUT2D eigenvalue weighted by Gasteiger charge is -2.13. The maximum absolute atomic E-state index is 5.09. The van der Waals surface area contributed by atoms with E-state index in [0.29, 0.717) is 52.4 Å². The topological polar surface area (TPSA) is 193 Å². The Bertz CT molecular complexity index is 7160. The minimum atomic E-state index is 0.585. The Balaban J connectivity index is 0.000000116. The Morgan fingerprint density at radius 3 is 0.576 bits per heavy atom. The molecule has 15 aromatic carbocycles. The van der Waals surface area contributed by atoms with Gasteiger partial charge in [0.1, 0.15) is 0 Å². The van der Waals surface area contributed by atoms with E-state index in [1.165, 1.54) is 32.3 Å². The van der Waals surface area contributed by atoms with Gasteiger partial charge in [-0.2, -0.15) is 0 Å². The fourth-order valence-corrected chi connectivity index (χ4v) is 16.7. The van der Waals surface area contributed by atoms with Gasteiger partial charge in [0, 0.05) is 134 Å². The van der Waals surface area contributed by atoms with Gasteiger partial charge in [0.25, 0.3) is 0 Å². The fourth-order valence-electron chi connectivity index (χ4n) is 16.7. The van der Waals surface area contributed by atoms with Gasteiger partial charge in [0.2, 0.25) is 0 Å². The molecule has 0 aliphatic carbocycles. The lowest BCUT2D eigenvalue weighted by atomic mass is 9.96. The summed E-state index contributed by atoms with van der Waals surface area (Å²) >= 11 is 0. The molecule has 0 amide bonds. The Hall–Kier alpha value is -18.2. The summed E-state index contributed by atoms with van der Waals surface area (Å²) < 4.78 is 0. The molecule has 0 fully saturated rings. The molecule has 15 heteroatoms. The third kappa shape index (κ3) is 17.3. The van der Waals surface area contributed by atoms with Crippen molar-refractivity contribution in [3.8, 4) is 170 Å². The number of pyridine rings is 6. The van der Waals surface area contributed by atoms with Crippen LogP contribution < -0.4 is 0 Å². The number of rotatable bonds is 15. The molecular weight excluding hydrogens is 1620 g/mol. The van der Waals surface area contributed by atoms with Gasteiger partial charge in [-0.15, -0.1) is 0 Å². The first kappa shape index (κ1) is 79.7. The molecule has 24 aromatic rings. The van der Waals surface area contributed by atoms with Crippen molar-refractivity contribution in [1.82, 2.24) is 74.8 Å². The molecule has 0 saturated heterocycles. The zero-order valence-corrected chi connectivity index (χ0v) is 71.0. The average molecular weight is 1690 g/mol. The third-order valence-corrected chi connectivity index (χ3v) is 23.5. The number of nitrogens with zero attached hydrogens (tertiary/aromatic N) is 15. The van der Waals surface area contributed by atoms with Crippen molar-refractivity contribution in [2.45, 2.75) is 0 Å². The third-order valence-electron chi connectivity index (χ3n) is 23.5. The standard InChI is InChI=1S/3C39H25N5/c1-3-11-28-21-30(17-15-26(28)9-1)37-42-38(31-18-16-27-10-2-4-12-29(27)22-31)44-39(43-37)34-24-32(35-13-5-7-19-40-35)23-33(25-34)36-14-6-8-20-41-36;1-3-9-28-19-30(15-13-26(28)7-1)37-42-38(31-16-14-27-8-2-4-10-29(27)20-31)44-39(43-37)36-22-34(32-11-5-17-40-24-32)21-35(23-36)33-12-6-18-41-25-33;1-3-7-30-21-32(11-9-26(30)5-1)37-42-38(33-12-10-27-6-2-4-8-31(27)22-33)44-39(43-37)36-24-34(28-13-17-40-18-14-28)23-35(25-36)29-15-19-41-20-16-29/h3*1-25H. The van der Waals surface area contributed by atoms with E-state index in [0.717, 1.165) is 149 Å². The predicted octanol–water partition coefficient (Wildman–Crippen LogP) is 27.9. The SMILES string of the molecule is c1ccc(-c2cc(-c3ccccn3)cc(-c3nc(-c4ccc5ccccc5c4)nc(-c4ccc5ccccc5c4)n3)c2)nc1.c1ccc2cc(-c3nc(-c4cc(-c5ccncc5)cc(-c5ccncc5)c4)nc(-c4ccc5ccccc5c4)n3)ccc2c1.c1cncc(-c2cc(-c3cccnc3)cc(-c3nc(-c4ccc5ccccc5c4)nc(-c4ccc5ccccc5c4)n3)c2)c1. The smallest absolute Gasteiger partial charge is 0.164 e. The highest BCUT2D eigenvalue weighted by Crippen LogP contribution is 2.40. The van der Waals surface area contributed by atoms with Gasteiger partial charge in [-0.25, -0.2) is 44.9 Å². The summed E-state index contributed by atoms with van der Waals surface area (Å²) in [6.07, 6.45) is 18.2. The van der Waals surface area contributed by atoms with Crippen LogP contribution in [0.3, 0.4) is 0 Å². The van der Waals surface area contributed by atoms with Crippen molar-refractivity contribution >= 4 is 64.6 Å². The molecule has 0 aliphatic heterocycles. The molecule has 0 aliphatic rings. The summed E-state index contributed by atoms with van der Waals surface area (Å²) in [5, 5.41) is 13.8. The highest BCUT2D eigenvalue weighted by atomic mass is 15.1. The lowest BCUT2D eigenvalue weighted by Crippen LogP contribution is -2.01. The van der Waals surface area contributed by atoms with E-state index in [4.69, 9.17) is 44.9 Å². The predicted molar refractivity (Wildman–Crippen MR) is 533 cm³/mol. The van der Waals surface area contributed by atoms with Crippen LogP contribution >= 0.6 is 0 Å². The van der Waals surface area contributed by atoms with Gasteiger partial charge >= 0.3 is 0 Å². The van der Waals surface area contributed by atoms with Crippen molar-refractivity contribution in [1.29, 1.82) is 0 Å². The van der Waals surface area contributed by atoms with Gasteiger partial charge in [-0.05, 0) is 250 Å². The van der Waals surface area contributed by atoms with E-state index >= 15 is 0 Å². The summed E-state index contributed by atoms with van der Waals surface area (Å²) in [5.74, 6) is 5.53. The van der Waals surface area contributed by atoms with Crippen LogP contribution in [0, 0.1) is 0 Å². The van der Waals surface area contributed by atoms with Crippen LogP contribution in [-0.2, 0) is 0 Å². The van der Waals surface area contributed by atoms with E-state index in [1.807, 2.05) is 122 Å². The van der Waals surface area contributed by atoms with E-state index in [-0.39, 0.29) is 0 Å². The Morgan fingerprint density at radius 2 is 0.333 bits per heavy atom. The van der Waals surface area contributed by atoms with E-state index in [2.05, 4.69) is 339 Å². The van der Waals surface area contributed by atoms with E-state index < -0.39 is 0 Å². The summed E-state index contributed by atoms with van der Waals surface area (Å²) in [7, 11) is 0. The Kier molecular flexibility index (Phi) is 21.7. The molecular formula is C117H75N15. The zero-order chi connectivity index (χ0) is 87.9. The largest absolute Gasteiger partial charge is 0.265 e. The molecule has 0 atom stereocenters. The molecule has 9 aromatic heterocycles. The van der Waals surface area contributed by atoms with Crippen LogP contribution in [0.4, 0.5) is 0 Å². The van der Waals surface area contributed by atoms with Gasteiger partial charge in [-0.1, -0.05) is 243 Å². The second-order valence-electron chi connectivity index (χ2n) is 32.1. The van der Waals surface area contributed by atoms with Gasteiger partial charge in [0.05, 0.1) is 11.4 Å². The molecule has 0 N–H and O–H groups in total. The minimum Gasteiger partial charge on any atom is -0.265 e. The monoisotopic (exact) mass is 1690 g/mol. The maximum atomic E-state index is 5.09. The van der Waals surface area contributed by atoms with Crippen LogP contribution in [-0.4, -0.2) is 74.8 Å². The first-order chi connectivity index (χ1) is 65.3. The van der Waals surface area contributed by atoms with Crippen molar-refractivity contribution in [2.24, 2.45) is 0 Å². The van der Waals surface area contributed by atoms with E-state index in [1.54, 1.807) is 24.8 Å². The molecule has 0 radical (unpaired) electrons. The first-order valence-corrected chi connectivity index (χ1v) is 43.4. The van der Waals surface area contributed by atoms with E-state index in [9.17, 15) is 0 Å².